The van der Waals surface area contributed by atoms with Crippen molar-refractivity contribution in [1.82, 2.24) is 58.3 Å². The highest BCUT2D eigenvalue weighted by molar-refractivity contribution is 6.83. The molecular formula is C92H113F3N14O10Si2. The van der Waals surface area contributed by atoms with Gasteiger partial charge in [0, 0.05) is 112 Å². The van der Waals surface area contributed by atoms with Crippen LogP contribution < -0.4 is 24.0 Å². The molecule has 121 heavy (non-hydrogen) atoms. The molecule has 640 valence electrons. The minimum absolute atomic E-state index is 0.0100. The Hall–Kier alpha value is -11.6. The van der Waals surface area contributed by atoms with Crippen molar-refractivity contribution in [2.75, 3.05) is 29.6 Å². The van der Waals surface area contributed by atoms with Gasteiger partial charge < -0.3 is 42.2 Å². The third kappa shape index (κ3) is 19.9. The highest BCUT2D eigenvalue weighted by Gasteiger charge is 2.49. The number of carbonyl (C=O) groups is 4. The van der Waals surface area contributed by atoms with Gasteiger partial charge in [0.15, 0.2) is 28.0 Å². The van der Waals surface area contributed by atoms with E-state index in [4.69, 9.17) is 33.7 Å². The Labute approximate surface area is 708 Å². The van der Waals surface area contributed by atoms with Crippen LogP contribution in [0.25, 0.3) is 33.1 Å². The van der Waals surface area contributed by atoms with E-state index in [0.717, 1.165) is 48.7 Å². The lowest BCUT2D eigenvalue weighted by atomic mass is 10.0. The summed E-state index contributed by atoms with van der Waals surface area (Å²) in [5.41, 5.74) is 8.46. The minimum Gasteiger partial charge on any atom is -0.478 e. The monoisotopic (exact) mass is 1690 g/mol. The van der Waals surface area contributed by atoms with Crippen molar-refractivity contribution >= 4 is 96.3 Å². The average Bonchev–Trinajstić information content (AvgIpc) is 1.60. The number of nitrogens with one attached hydrogen (secondary N) is 1. The largest absolute Gasteiger partial charge is 0.478 e. The summed E-state index contributed by atoms with van der Waals surface area (Å²) < 4.78 is 78.7. The number of aryl methyl sites for hydroxylation is 3. The van der Waals surface area contributed by atoms with E-state index in [1.807, 2.05) is 90.6 Å². The lowest BCUT2D eigenvalue weighted by Gasteiger charge is -2.44. The highest BCUT2D eigenvalue weighted by atomic mass is 28.3. The number of halogens is 3. The molecule has 24 nitrogen and oxygen atoms in total. The van der Waals surface area contributed by atoms with Crippen molar-refractivity contribution in [3.63, 3.8) is 0 Å². The summed E-state index contributed by atoms with van der Waals surface area (Å²) in [6, 6.07) is 24.8. The topological polar surface area (TPSA) is 283 Å². The SMILES string of the molecule is CCOc1ccc(Cc2ccc(C(=O)c3c[nH]c4ncc(C)cc34)c(F)n2)cn1.CCOc1ccc(N(C(=O)OC(C)(C)C)c2ccc(C(=O)c3cn([Si](C(C)C)(C(C)C)C(C)C)c4ncc(C)cc34)c(F)n2)cn1.CCOc1ccc(N(C(=O)OC(C)(C)C)c2ccc(C(O)c3cn([Si](C(C)C)(C(C)C)C(C)C)c4ncc(C)cc34)c(F)n2)cn1. The van der Waals surface area contributed by atoms with E-state index in [2.05, 4.69) is 131 Å². The molecule has 0 bridgehead atoms. The first-order valence-corrected chi connectivity index (χ1v) is 45.4. The molecule has 12 rings (SSSR count). The zero-order valence-corrected chi connectivity index (χ0v) is 75.8. The van der Waals surface area contributed by atoms with Crippen molar-refractivity contribution in [2.24, 2.45) is 0 Å². The molecule has 0 saturated heterocycles. The number of nitrogens with zero attached hydrogens (tertiary/aromatic N) is 13. The van der Waals surface area contributed by atoms with Gasteiger partial charge in [-0.2, -0.15) is 13.2 Å². The normalized spacial score (nSPS) is 12.3. The van der Waals surface area contributed by atoms with Crippen LogP contribution in [0.3, 0.4) is 0 Å². The number of aliphatic hydroxyl groups excluding tert-OH is 1. The number of aromatic amines is 1. The van der Waals surface area contributed by atoms with E-state index in [9.17, 15) is 28.7 Å². The summed E-state index contributed by atoms with van der Waals surface area (Å²) in [5.74, 6) is -2.40. The van der Waals surface area contributed by atoms with Crippen LogP contribution in [0.4, 0.5) is 45.8 Å². The molecule has 0 radical (unpaired) electrons. The van der Waals surface area contributed by atoms with Gasteiger partial charge in [0.25, 0.3) is 0 Å². The maximum Gasteiger partial charge on any atom is 0.420 e. The van der Waals surface area contributed by atoms with E-state index in [0.29, 0.717) is 127 Å². The Kier molecular flexibility index (Phi) is 28.8. The van der Waals surface area contributed by atoms with Gasteiger partial charge in [-0.15, -0.1) is 0 Å². The standard InChI is InChI=1S/C35H48FN5O4Si.C35H46FN5O4Si.C22H19FN4O2/c2*1-12-44-30-16-13-25(19-37-30)41(34(43)45-35(9,10)11)29-15-14-26(32(36)39-29)31(42)28-20-40(33-27(28)17-24(8)18-38-33)46(21(2)3,22(4)5)23(6)7;1-3-29-19-7-4-14(11-24-19)9-15-5-6-16(21(23)27-15)20(28)18-12-26-22-17(18)8-13(2)10-25-22/h13-23,31,42H,12H2,1-11H3;13-23H,12H2,1-11H3;4-8,10-12H,3,9H2,1-2H3,(H,25,26). The number of carbonyl (C=O) groups excluding carboxylic acids is 4. The number of anilines is 4. The van der Waals surface area contributed by atoms with E-state index < -0.39 is 75.4 Å². The molecule has 0 spiro atoms. The Balaban J connectivity index is 0.000000196. The van der Waals surface area contributed by atoms with Gasteiger partial charge in [-0.3, -0.25) is 9.59 Å². The van der Waals surface area contributed by atoms with Gasteiger partial charge in [-0.1, -0.05) is 89.2 Å². The number of H-pyrrole nitrogens is 1. The minimum atomic E-state index is -2.31. The number of aromatic nitrogens is 12. The Morgan fingerprint density at radius 3 is 1.30 bits per heavy atom. The number of amides is 2. The van der Waals surface area contributed by atoms with Crippen LogP contribution in [0.5, 0.6) is 17.6 Å². The zero-order chi connectivity index (χ0) is 88.7. The number of hydrogen-bond acceptors (Lipinski definition) is 19. The molecule has 2 amide bonds. The van der Waals surface area contributed by atoms with E-state index >= 15 is 8.78 Å². The molecule has 12 aromatic heterocycles. The maximum atomic E-state index is 16.0. The van der Waals surface area contributed by atoms with Gasteiger partial charge >= 0.3 is 12.2 Å². The fourth-order valence-corrected chi connectivity index (χ4v) is 29.9. The number of ether oxygens (including phenoxy) is 5. The molecule has 0 aliphatic carbocycles. The van der Waals surface area contributed by atoms with Crippen molar-refractivity contribution in [3.8, 4) is 17.6 Å². The number of rotatable bonds is 26. The summed E-state index contributed by atoms with van der Waals surface area (Å²) >= 11 is 0. The molecular weight excluding hydrogens is 1570 g/mol. The Morgan fingerprint density at radius 2 is 0.868 bits per heavy atom. The summed E-state index contributed by atoms with van der Waals surface area (Å²) in [6.45, 7) is 50.2. The van der Waals surface area contributed by atoms with Gasteiger partial charge in [0.2, 0.25) is 35.5 Å². The van der Waals surface area contributed by atoms with E-state index in [1.54, 1.807) is 96.5 Å². The summed E-state index contributed by atoms with van der Waals surface area (Å²) in [7, 11) is -4.58. The summed E-state index contributed by atoms with van der Waals surface area (Å²) in [6.07, 6.45) is 12.9. The first-order valence-electron chi connectivity index (χ1n) is 41.1. The fourth-order valence-electron chi connectivity index (χ4n) is 16.8. The smallest absolute Gasteiger partial charge is 0.420 e. The second-order valence-electron chi connectivity index (χ2n) is 34.0. The second kappa shape index (κ2) is 38.0. The Bertz CT molecular complexity index is 5640. The van der Waals surface area contributed by atoms with Crippen LogP contribution >= 0.6 is 0 Å². The first kappa shape index (κ1) is 91.7. The fraction of sp³-hybridized carbons (Fsp3) is 0.402. The van der Waals surface area contributed by atoms with E-state index in [-0.39, 0.29) is 28.3 Å². The number of pyridine rings is 9. The second-order valence-corrected chi connectivity index (χ2v) is 45.5. The van der Waals surface area contributed by atoms with Crippen LogP contribution in [0, 0.1) is 38.6 Å². The van der Waals surface area contributed by atoms with Crippen LogP contribution in [-0.2, 0) is 15.9 Å². The molecule has 2 N–H and O–H groups in total. The third-order valence-electron chi connectivity index (χ3n) is 21.4. The molecule has 1 atom stereocenters. The molecule has 0 aliphatic heterocycles. The molecule has 12 heterocycles. The van der Waals surface area contributed by atoms with Crippen molar-refractivity contribution in [1.29, 1.82) is 0 Å². The summed E-state index contributed by atoms with van der Waals surface area (Å²) in [4.78, 5) is 97.9. The van der Waals surface area contributed by atoms with Crippen molar-refractivity contribution in [3.05, 3.63) is 226 Å². The van der Waals surface area contributed by atoms with Gasteiger partial charge in [-0.05, 0) is 205 Å². The molecule has 29 heteroatoms. The predicted molar refractivity (Wildman–Crippen MR) is 472 cm³/mol. The van der Waals surface area contributed by atoms with Crippen molar-refractivity contribution in [2.45, 2.75) is 223 Å². The predicted octanol–water partition coefficient (Wildman–Crippen LogP) is 21.9. The number of hydrogen-bond donors (Lipinski definition) is 2. The Morgan fingerprint density at radius 1 is 0.455 bits per heavy atom. The summed E-state index contributed by atoms with van der Waals surface area (Å²) in [5, 5.41) is 13.9. The van der Waals surface area contributed by atoms with Gasteiger partial charge in [0.05, 0.1) is 54.7 Å². The van der Waals surface area contributed by atoms with Crippen LogP contribution in [-0.4, -0.2) is 135 Å². The van der Waals surface area contributed by atoms with Crippen molar-refractivity contribution < 1.29 is 61.1 Å². The van der Waals surface area contributed by atoms with Crippen LogP contribution in [0.2, 0.25) is 33.2 Å². The van der Waals surface area contributed by atoms with Crippen LogP contribution in [0.1, 0.15) is 222 Å². The number of ketones is 2. The number of aliphatic hydroxyl groups is 1. The third-order valence-corrected chi connectivity index (χ3v) is 34.9. The van der Waals surface area contributed by atoms with Crippen LogP contribution in [0.15, 0.2) is 147 Å². The quantitative estimate of drug-likeness (QED) is 0.0289. The first-order chi connectivity index (χ1) is 57.1. The molecule has 0 saturated carbocycles. The average molecular weight is 1690 g/mol. The maximum absolute atomic E-state index is 16.0. The number of fused-ring (bicyclic) bond motifs is 3. The highest BCUT2D eigenvalue weighted by Crippen LogP contribution is 2.48. The molecule has 0 aliphatic rings. The molecule has 0 aromatic carbocycles. The lowest BCUT2D eigenvalue weighted by Crippen LogP contribution is -2.51. The van der Waals surface area contributed by atoms with E-state index in [1.165, 1.54) is 42.7 Å². The van der Waals surface area contributed by atoms with Gasteiger partial charge in [0.1, 0.15) is 45.9 Å². The molecule has 1 unspecified atom stereocenters. The molecule has 12 aromatic rings. The lowest BCUT2D eigenvalue weighted by molar-refractivity contribution is 0.0586. The molecule has 0 fully saturated rings. The zero-order valence-electron chi connectivity index (χ0n) is 73.8. The van der Waals surface area contributed by atoms with Gasteiger partial charge in [-0.25, -0.2) is 64.2 Å².